The molecule has 6 heteroatoms. The second kappa shape index (κ2) is 6.37. The lowest BCUT2D eigenvalue weighted by Gasteiger charge is -2.19. The quantitative estimate of drug-likeness (QED) is 0.682. The topological polar surface area (TPSA) is 54.9 Å². The minimum Gasteiger partial charge on any atom is -0.320 e. The number of hydrogen-bond acceptors (Lipinski definition) is 4. The third-order valence-corrected chi connectivity index (χ3v) is 3.86. The Hall–Kier alpha value is -1.72. The molecule has 0 aromatic carbocycles. The maximum Gasteiger partial charge on any atom is 0.248 e. The van der Waals surface area contributed by atoms with Gasteiger partial charge in [-0.15, -0.1) is 11.3 Å². The molecular formula is C15H16ClN3OS. The minimum absolute atomic E-state index is 0.0600. The number of thiazole rings is 1. The van der Waals surface area contributed by atoms with Crippen molar-refractivity contribution < 1.29 is 4.79 Å². The normalized spacial score (nSPS) is 11.8. The van der Waals surface area contributed by atoms with Crippen molar-refractivity contribution in [3.05, 3.63) is 45.6 Å². The fraction of sp³-hybridized carbons (Fsp3) is 0.267. The molecule has 0 bridgehead atoms. The summed E-state index contributed by atoms with van der Waals surface area (Å²) >= 11 is 7.50. The van der Waals surface area contributed by atoms with E-state index in [0.29, 0.717) is 5.69 Å². The molecule has 0 aliphatic heterocycles. The molecule has 0 saturated carbocycles. The maximum absolute atomic E-state index is 11.9. The molecule has 2 rings (SSSR count). The van der Waals surface area contributed by atoms with Crippen LogP contribution in [0.3, 0.4) is 0 Å². The van der Waals surface area contributed by atoms with Crippen molar-refractivity contribution in [2.24, 2.45) is 0 Å². The van der Waals surface area contributed by atoms with Crippen molar-refractivity contribution in [3.8, 4) is 0 Å². The van der Waals surface area contributed by atoms with Crippen molar-refractivity contribution in [2.75, 3.05) is 5.32 Å². The highest BCUT2D eigenvalue weighted by atomic mass is 35.5. The van der Waals surface area contributed by atoms with Crippen LogP contribution in [0.1, 0.15) is 31.2 Å². The molecule has 1 amide bonds. The number of nitrogens with one attached hydrogen (secondary N) is 1. The van der Waals surface area contributed by atoms with Crippen LogP contribution in [-0.2, 0) is 10.2 Å². The van der Waals surface area contributed by atoms with Crippen molar-refractivity contribution in [1.29, 1.82) is 0 Å². The fourth-order valence-corrected chi connectivity index (χ4v) is 2.25. The van der Waals surface area contributed by atoms with Gasteiger partial charge < -0.3 is 5.32 Å². The molecule has 0 spiro atoms. The van der Waals surface area contributed by atoms with Crippen LogP contribution in [0.25, 0.3) is 6.08 Å². The third kappa shape index (κ3) is 4.37. The van der Waals surface area contributed by atoms with E-state index in [4.69, 9.17) is 11.6 Å². The number of carbonyl (C=O) groups is 1. The third-order valence-electron chi connectivity index (χ3n) is 2.81. The summed E-state index contributed by atoms with van der Waals surface area (Å²) in [5.74, 6) is -0.252. The Labute approximate surface area is 132 Å². The lowest BCUT2D eigenvalue weighted by atomic mass is 9.88. The van der Waals surface area contributed by atoms with Crippen LogP contribution in [0.15, 0.2) is 30.0 Å². The lowest BCUT2D eigenvalue weighted by molar-refractivity contribution is -0.111. The second-order valence-corrected chi connectivity index (χ2v) is 6.81. The summed E-state index contributed by atoms with van der Waals surface area (Å²) in [6, 6.07) is 1.85. The SMILES string of the molecule is CC(C)(C)c1cnc(Cl)c(NC(=O)/C=C/c2cncs2)c1. The largest absolute Gasteiger partial charge is 0.320 e. The van der Waals surface area contributed by atoms with E-state index < -0.39 is 0 Å². The first-order chi connectivity index (χ1) is 9.86. The zero-order chi connectivity index (χ0) is 15.5. The summed E-state index contributed by atoms with van der Waals surface area (Å²) in [5, 5.41) is 3.03. The van der Waals surface area contributed by atoms with Gasteiger partial charge in [-0.25, -0.2) is 4.98 Å². The van der Waals surface area contributed by atoms with Gasteiger partial charge in [-0.2, -0.15) is 0 Å². The molecule has 0 atom stereocenters. The Morgan fingerprint density at radius 1 is 1.38 bits per heavy atom. The van der Waals surface area contributed by atoms with Gasteiger partial charge in [-0.05, 0) is 23.1 Å². The highest BCUT2D eigenvalue weighted by Crippen LogP contribution is 2.27. The first-order valence-corrected chi connectivity index (χ1v) is 7.65. The first kappa shape index (κ1) is 15.7. The predicted octanol–water partition coefficient (Wildman–Crippen LogP) is 4.14. The van der Waals surface area contributed by atoms with E-state index in [1.165, 1.54) is 17.4 Å². The first-order valence-electron chi connectivity index (χ1n) is 6.40. The number of carbonyl (C=O) groups excluding carboxylic acids is 1. The van der Waals surface area contributed by atoms with Crippen LogP contribution >= 0.6 is 22.9 Å². The smallest absolute Gasteiger partial charge is 0.248 e. The molecular weight excluding hydrogens is 306 g/mol. The highest BCUT2D eigenvalue weighted by Gasteiger charge is 2.16. The average Bonchev–Trinajstić information content (AvgIpc) is 2.91. The van der Waals surface area contributed by atoms with Crippen LogP contribution in [0, 0.1) is 0 Å². The molecule has 0 unspecified atom stereocenters. The zero-order valence-electron chi connectivity index (χ0n) is 12.1. The summed E-state index contributed by atoms with van der Waals surface area (Å²) in [5.41, 5.74) is 3.18. The monoisotopic (exact) mass is 321 g/mol. The molecule has 0 saturated heterocycles. The van der Waals surface area contributed by atoms with Crippen LogP contribution in [0.5, 0.6) is 0 Å². The molecule has 2 aromatic heterocycles. The summed E-state index contributed by atoms with van der Waals surface area (Å²) in [6.07, 6.45) is 6.59. The van der Waals surface area contributed by atoms with Crippen LogP contribution in [-0.4, -0.2) is 15.9 Å². The van der Waals surface area contributed by atoms with Gasteiger partial charge >= 0.3 is 0 Å². The molecule has 0 fully saturated rings. The number of hydrogen-bond donors (Lipinski definition) is 1. The van der Waals surface area contributed by atoms with Crippen molar-refractivity contribution in [1.82, 2.24) is 9.97 Å². The van der Waals surface area contributed by atoms with Crippen LogP contribution in [0.2, 0.25) is 5.15 Å². The minimum atomic E-state index is -0.252. The van der Waals surface area contributed by atoms with E-state index >= 15 is 0 Å². The Morgan fingerprint density at radius 2 is 2.14 bits per heavy atom. The second-order valence-electron chi connectivity index (χ2n) is 5.54. The van der Waals surface area contributed by atoms with E-state index in [9.17, 15) is 4.79 Å². The van der Waals surface area contributed by atoms with Crippen molar-refractivity contribution in [2.45, 2.75) is 26.2 Å². The Morgan fingerprint density at radius 3 is 2.76 bits per heavy atom. The van der Waals surface area contributed by atoms with Gasteiger partial charge in [0.05, 0.1) is 11.2 Å². The number of aromatic nitrogens is 2. The average molecular weight is 322 g/mol. The van der Waals surface area contributed by atoms with E-state index in [1.54, 1.807) is 24.0 Å². The molecule has 1 N–H and O–H groups in total. The summed E-state index contributed by atoms with van der Waals surface area (Å²) in [7, 11) is 0. The Kier molecular flexibility index (Phi) is 4.75. The van der Waals surface area contributed by atoms with Gasteiger partial charge in [-0.3, -0.25) is 9.78 Å². The van der Waals surface area contributed by atoms with Gasteiger partial charge in [0.1, 0.15) is 0 Å². The van der Waals surface area contributed by atoms with Crippen LogP contribution < -0.4 is 5.32 Å². The van der Waals surface area contributed by atoms with Crippen LogP contribution in [0.4, 0.5) is 5.69 Å². The van der Waals surface area contributed by atoms with E-state index in [-0.39, 0.29) is 16.5 Å². The number of halogens is 1. The molecule has 21 heavy (non-hydrogen) atoms. The molecule has 2 aromatic rings. The van der Waals surface area contributed by atoms with Crippen molar-refractivity contribution >= 4 is 40.6 Å². The van der Waals surface area contributed by atoms with Gasteiger partial charge in [0.15, 0.2) is 5.15 Å². The maximum atomic E-state index is 11.9. The number of amides is 1. The van der Waals surface area contributed by atoms with Crippen molar-refractivity contribution in [3.63, 3.8) is 0 Å². The number of pyridine rings is 1. The number of rotatable bonds is 3. The number of anilines is 1. The summed E-state index contributed by atoms with van der Waals surface area (Å²) < 4.78 is 0. The summed E-state index contributed by atoms with van der Waals surface area (Å²) in [4.78, 5) is 20.9. The van der Waals surface area contributed by atoms with Gasteiger partial charge in [0.2, 0.25) is 5.91 Å². The van der Waals surface area contributed by atoms with E-state index in [1.807, 2.05) is 6.07 Å². The molecule has 4 nitrogen and oxygen atoms in total. The molecule has 0 aliphatic rings. The molecule has 2 heterocycles. The molecule has 0 aliphatic carbocycles. The molecule has 0 radical (unpaired) electrons. The predicted molar refractivity (Wildman–Crippen MR) is 87.7 cm³/mol. The standard InChI is InChI=1S/C15H16ClN3OS/c1-15(2,3)10-6-12(14(16)18-7-10)19-13(20)5-4-11-8-17-9-21-11/h4-9H,1-3H3,(H,19,20)/b5-4+. The lowest BCUT2D eigenvalue weighted by Crippen LogP contribution is -2.14. The highest BCUT2D eigenvalue weighted by molar-refractivity contribution is 7.10. The van der Waals surface area contributed by atoms with Gasteiger partial charge in [0, 0.05) is 23.3 Å². The zero-order valence-corrected chi connectivity index (χ0v) is 13.6. The van der Waals surface area contributed by atoms with Gasteiger partial charge in [0.25, 0.3) is 0 Å². The Balaban J connectivity index is 2.13. The molecule has 110 valence electrons. The fourth-order valence-electron chi connectivity index (χ4n) is 1.59. The van der Waals surface area contributed by atoms with Gasteiger partial charge in [-0.1, -0.05) is 32.4 Å². The van der Waals surface area contributed by atoms with E-state index in [0.717, 1.165) is 10.4 Å². The summed E-state index contributed by atoms with van der Waals surface area (Å²) in [6.45, 7) is 6.23. The Bertz CT molecular complexity index is 660. The van der Waals surface area contributed by atoms with E-state index in [2.05, 4.69) is 36.1 Å². The number of nitrogens with zero attached hydrogens (tertiary/aromatic N) is 2.